The van der Waals surface area contributed by atoms with Crippen molar-refractivity contribution in [2.75, 3.05) is 7.11 Å². The van der Waals surface area contributed by atoms with E-state index in [1.807, 2.05) is 0 Å². The van der Waals surface area contributed by atoms with Crippen LogP contribution < -0.4 is 10.5 Å². The van der Waals surface area contributed by atoms with E-state index < -0.39 is 11.5 Å². The standard InChI is InChI=1S/C12H16ClF2NO/c1-7-5-10(17-4)9(13)6-8(7)12(14,15)11(2,3)16/h5-6H,16H2,1-4H3. The Kier molecular flexibility index (Phi) is 3.69. The smallest absolute Gasteiger partial charge is 0.290 e. The van der Waals surface area contributed by atoms with Gasteiger partial charge in [0.05, 0.1) is 17.7 Å². The number of alkyl halides is 2. The molecule has 1 rings (SSSR count). The van der Waals surface area contributed by atoms with Crippen molar-refractivity contribution in [1.29, 1.82) is 0 Å². The van der Waals surface area contributed by atoms with E-state index in [0.29, 0.717) is 11.3 Å². The highest BCUT2D eigenvalue weighted by molar-refractivity contribution is 6.32. The van der Waals surface area contributed by atoms with Crippen molar-refractivity contribution >= 4 is 11.6 Å². The summed E-state index contributed by atoms with van der Waals surface area (Å²) in [6, 6.07) is 2.70. The van der Waals surface area contributed by atoms with Gasteiger partial charge in [0.2, 0.25) is 0 Å². The van der Waals surface area contributed by atoms with Crippen LogP contribution in [0, 0.1) is 6.92 Å². The molecule has 0 saturated carbocycles. The van der Waals surface area contributed by atoms with Crippen LogP contribution in [0.4, 0.5) is 8.78 Å². The second-order valence-corrected chi connectivity index (χ2v) is 5.00. The molecule has 1 aromatic rings. The van der Waals surface area contributed by atoms with Crippen LogP contribution in [0.3, 0.4) is 0 Å². The number of ether oxygens (including phenoxy) is 1. The van der Waals surface area contributed by atoms with E-state index in [1.165, 1.54) is 33.1 Å². The van der Waals surface area contributed by atoms with E-state index in [9.17, 15) is 8.78 Å². The normalized spacial score (nSPS) is 12.7. The summed E-state index contributed by atoms with van der Waals surface area (Å²) in [6.07, 6.45) is 0. The van der Waals surface area contributed by atoms with E-state index >= 15 is 0 Å². The molecule has 96 valence electrons. The second kappa shape index (κ2) is 4.42. The first-order valence-corrected chi connectivity index (χ1v) is 5.50. The van der Waals surface area contributed by atoms with Gasteiger partial charge in [-0.3, -0.25) is 0 Å². The molecule has 0 atom stereocenters. The number of aryl methyl sites for hydroxylation is 1. The Morgan fingerprint density at radius 2 is 1.82 bits per heavy atom. The van der Waals surface area contributed by atoms with Gasteiger partial charge in [0.25, 0.3) is 5.92 Å². The van der Waals surface area contributed by atoms with Crippen LogP contribution in [0.25, 0.3) is 0 Å². The SMILES string of the molecule is COc1cc(C)c(C(F)(F)C(C)(C)N)cc1Cl. The predicted molar refractivity (Wildman–Crippen MR) is 64.9 cm³/mol. The molecule has 0 spiro atoms. The highest BCUT2D eigenvalue weighted by atomic mass is 35.5. The van der Waals surface area contributed by atoms with Gasteiger partial charge in [-0.25, -0.2) is 0 Å². The van der Waals surface area contributed by atoms with Crippen molar-refractivity contribution in [2.45, 2.75) is 32.2 Å². The molecule has 1 aromatic carbocycles. The molecular formula is C12H16ClF2NO. The third-order valence-corrected chi connectivity index (χ3v) is 2.94. The lowest BCUT2D eigenvalue weighted by Gasteiger charge is -2.31. The van der Waals surface area contributed by atoms with Gasteiger partial charge in [-0.15, -0.1) is 0 Å². The van der Waals surface area contributed by atoms with Crippen molar-refractivity contribution in [2.24, 2.45) is 5.73 Å². The summed E-state index contributed by atoms with van der Waals surface area (Å²) in [6.45, 7) is 4.14. The summed E-state index contributed by atoms with van der Waals surface area (Å²) < 4.78 is 33.2. The summed E-state index contributed by atoms with van der Waals surface area (Å²) in [5, 5.41) is 0.150. The predicted octanol–water partition coefficient (Wildman–Crippen LogP) is 3.49. The second-order valence-electron chi connectivity index (χ2n) is 4.60. The van der Waals surface area contributed by atoms with Gasteiger partial charge >= 0.3 is 0 Å². The lowest BCUT2D eigenvalue weighted by atomic mass is 9.88. The highest BCUT2D eigenvalue weighted by Gasteiger charge is 2.46. The van der Waals surface area contributed by atoms with Crippen molar-refractivity contribution < 1.29 is 13.5 Å². The zero-order valence-electron chi connectivity index (χ0n) is 10.3. The maximum absolute atomic E-state index is 14.1. The summed E-state index contributed by atoms with van der Waals surface area (Å²) in [7, 11) is 1.44. The molecule has 0 unspecified atom stereocenters. The highest BCUT2D eigenvalue weighted by Crippen LogP contribution is 2.41. The van der Waals surface area contributed by atoms with Crippen LogP contribution in [0.1, 0.15) is 25.0 Å². The molecule has 0 heterocycles. The Bertz CT molecular complexity index is 427. The zero-order chi connectivity index (χ0) is 13.4. The Balaban J connectivity index is 3.38. The molecule has 5 heteroatoms. The fourth-order valence-corrected chi connectivity index (χ4v) is 1.74. The van der Waals surface area contributed by atoms with Crippen molar-refractivity contribution in [1.82, 2.24) is 0 Å². The fraction of sp³-hybridized carbons (Fsp3) is 0.500. The van der Waals surface area contributed by atoms with Gasteiger partial charge in [-0.2, -0.15) is 8.78 Å². The molecule has 2 nitrogen and oxygen atoms in total. The quantitative estimate of drug-likeness (QED) is 0.906. The van der Waals surface area contributed by atoms with Crippen molar-refractivity contribution in [3.63, 3.8) is 0 Å². The van der Waals surface area contributed by atoms with Crippen LogP contribution in [0.15, 0.2) is 12.1 Å². The van der Waals surface area contributed by atoms with Gasteiger partial charge in [-0.05, 0) is 38.5 Å². The molecule has 0 aliphatic rings. The minimum absolute atomic E-state index is 0.150. The minimum atomic E-state index is -3.16. The van der Waals surface area contributed by atoms with Crippen LogP contribution in [0.5, 0.6) is 5.75 Å². The average molecular weight is 264 g/mol. The number of nitrogens with two attached hydrogens (primary N) is 1. The molecule has 0 amide bonds. The third kappa shape index (κ3) is 2.53. The van der Waals surface area contributed by atoms with Crippen LogP contribution in [-0.4, -0.2) is 12.6 Å². The van der Waals surface area contributed by atoms with Crippen molar-refractivity contribution in [3.8, 4) is 5.75 Å². The van der Waals surface area contributed by atoms with E-state index in [0.717, 1.165) is 0 Å². The van der Waals surface area contributed by atoms with Gasteiger partial charge in [0.15, 0.2) is 0 Å². The first-order valence-electron chi connectivity index (χ1n) is 5.12. The lowest BCUT2D eigenvalue weighted by molar-refractivity contribution is -0.0677. The number of rotatable bonds is 3. The zero-order valence-corrected chi connectivity index (χ0v) is 11.0. The Hall–Kier alpha value is -0.870. The monoisotopic (exact) mass is 263 g/mol. The maximum atomic E-state index is 14.1. The van der Waals surface area contributed by atoms with Crippen LogP contribution in [-0.2, 0) is 5.92 Å². The largest absolute Gasteiger partial charge is 0.495 e. The van der Waals surface area contributed by atoms with E-state index in [4.69, 9.17) is 22.1 Å². The van der Waals surface area contributed by atoms with Gasteiger partial charge in [-0.1, -0.05) is 11.6 Å². The molecule has 0 radical (unpaired) electrons. The summed E-state index contributed by atoms with van der Waals surface area (Å²) in [4.78, 5) is 0. The lowest BCUT2D eigenvalue weighted by Crippen LogP contribution is -2.48. The topological polar surface area (TPSA) is 35.2 Å². The van der Waals surface area contributed by atoms with Crippen LogP contribution in [0.2, 0.25) is 5.02 Å². The average Bonchev–Trinajstić information content (AvgIpc) is 2.18. The minimum Gasteiger partial charge on any atom is -0.495 e. The van der Waals surface area contributed by atoms with Gasteiger partial charge in [0, 0.05) is 5.56 Å². The molecule has 2 N–H and O–H groups in total. The molecule has 17 heavy (non-hydrogen) atoms. The summed E-state index contributed by atoms with van der Waals surface area (Å²) in [5.41, 5.74) is 4.08. The van der Waals surface area contributed by atoms with Gasteiger partial charge in [0.1, 0.15) is 5.75 Å². The molecule has 0 aliphatic heterocycles. The molecule has 0 saturated heterocycles. The number of halogens is 3. The number of hydrogen-bond acceptors (Lipinski definition) is 2. The summed E-state index contributed by atoms with van der Waals surface area (Å²) >= 11 is 5.86. The van der Waals surface area contributed by atoms with Crippen molar-refractivity contribution in [3.05, 3.63) is 28.3 Å². The first kappa shape index (κ1) is 14.2. The number of benzene rings is 1. The molecule has 0 aliphatic carbocycles. The maximum Gasteiger partial charge on any atom is 0.290 e. The van der Waals surface area contributed by atoms with Gasteiger partial charge < -0.3 is 10.5 Å². The number of hydrogen-bond donors (Lipinski definition) is 1. The third-order valence-electron chi connectivity index (χ3n) is 2.65. The fourth-order valence-electron chi connectivity index (χ4n) is 1.50. The molecule has 0 aromatic heterocycles. The van der Waals surface area contributed by atoms with E-state index in [1.54, 1.807) is 6.92 Å². The Morgan fingerprint density at radius 3 is 2.24 bits per heavy atom. The molecule has 0 bridgehead atoms. The summed E-state index contributed by atoms with van der Waals surface area (Å²) in [5.74, 6) is -2.79. The van der Waals surface area contributed by atoms with Crippen LogP contribution >= 0.6 is 11.6 Å². The Morgan fingerprint density at radius 1 is 1.29 bits per heavy atom. The first-order chi connectivity index (χ1) is 7.61. The number of methoxy groups -OCH3 is 1. The Labute approximate surface area is 105 Å². The van der Waals surface area contributed by atoms with E-state index in [2.05, 4.69) is 0 Å². The molecular weight excluding hydrogens is 248 g/mol. The molecule has 0 fully saturated rings. The van der Waals surface area contributed by atoms with E-state index in [-0.39, 0.29) is 10.6 Å².